The Kier molecular flexibility index (Phi) is 7.45. The largest absolute Gasteiger partial charge is 0.491 e. The minimum Gasteiger partial charge on any atom is -0.491 e. The van der Waals surface area contributed by atoms with Crippen LogP contribution in [0.4, 0.5) is 5.69 Å². The molecule has 0 radical (unpaired) electrons. The maximum absolute atomic E-state index is 11.0. The summed E-state index contributed by atoms with van der Waals surface area (Å²) in [6.45, 7) is 6.80. The number of benzene rings is 1. The molecule has 0 aromatic heterocycles. The maximum Gasteiger partial charge on any atom is 0.221 e. The highest BCUT2D eigenvalue weighted by atomic mass is 16.5. The Hall–Kier alpha value is -1.67. The summed E-state index contributed by atoms with van der Waals surface area (Å²) in [7, 11) is 0. The zero-order valence-corrected chi connectivity index (χ0v) is 14.1. The monoisotopic (exact) mass is 337 g/mol. The number of hydrogen-bond acceptors (Lipinski definition) is 6. The Morgan fingerprint density at radius 1 is 1.21 bits per heavy atom. The molecule has 7 heteroatoms. The fourth-order valence-corrected chi connectivity index (χ4v) is 2.72. The first-order valence-corrected chi connectivity index (χ1v) is 8.31. The van der Waals surface area contributed by atoms with Crippen molar-refractivity contribution >= 4 is 11.6 Å². The van der Waals surface area contributed by atoms with E-state index < -0.39 is 6.10 Å². The van der Waals surface area contributed by atoms with Crippen molar-refractivity contribution in [2.45, 2.75) is 13.0 Å². The lowest BCUT2D eigenvalue weighted by Crippen LogP contribution is -2.49. The first kappa shape index (κ1) is 18.7. The van der Waals surface area contributed by atoms with Gasteiger partial charge in [-0.05, 0) is 24.3 Å². The summed E-state index contributed by atoms with van der Waals surface area (Å²) < 4.78 is 5.60. The number of hydrogen-bond donors (Lipinski definition) is 3. The lowest BCUT2D eigenvalue weighted by molar-refractivity contribution is -0.114. The number of aliphatic hydroxyl groups is 2. The molecule has 1 atom stereocenters. The molecule has 134 valence electrons. The van der Waals surface area contributed by atoms with Crippen LogP contribution in [0.2, 0.25) is 0 Å². The number of anilines is 1. The van der Waals surface area contributed by atoms with E-state index in [2.05, 4.69) is 15.1 Å². The van der Waals surface area contributed by atoms with E-state index >= 15 is 0 Å². The van der Waals surface area contributed by atoms with E-state index in [1.54, 1.807) is 24.3 Å². The standard InChI is InChI=1S/C17H27N3O4/c1-14(22)18-15-2-4-17(5-3-15)24-13-16(23)12-20-8-6-19(7-9-20)10-11-21/h2-5,16,21,23H,6-13H2,1H3,(H,18,22)/t16-/m1/s1. The molecule has 2 rings (SSSR count). The number of carbonyl (C=O) groups is 1. The van der Waals surface area contributed by atoms with Gasteiger partial charge in [-0.25, -0.2) is 0 Å². The van der Waals surface area contributed by atoms with Crippen molar-refractivity contribution < 1.29 is 19.7 Å². The molecule has 1 aliphatic rings. The van der Waals surface area contributed by atoms with Crippen LogP contribution in [0.1, 0.15) is 6.92 Å². The third-order valence-corrected chi connectivity index (χ3v) is 3.97. The van der Waals surface area contributed by atoms with E-state index in [1.165, 1.54) is 6.92 Å². The number of amides is 1. The van der Waals surface area contributed by atoms with Gasteiger partial charge in [0.25, 0.3) is 0 Å². The van der Waals surface area contributed by atoms with Crippen LogP contribution >= 0.6 is 0 Å². The summed E-state index contributed by atoms with van der Waals surface area (Å²) in [5, 5.41) is 21.8. The third-order valence-electron chi connectivity index (χ3n) is 3.97. The van der Waals surface area contributed by atoms with Crippen molar-refractivity contribution in [3.63, 3.8) is 0 Å². The number of aliphatic hydroxyl groups excluding tert-OH is 2. The Morgan fingerprint density at radius 3 is 2.42 bits per heavy atom. The van der Waals surface area contributed by atoms with E-state index in [1.807, 2.05) is 0 Å². The molecule has 1 aliphatic heterocycles. The molecular formula is C17H27N3O4. The zero-order valence-electron chi connectivity index (χ0n) is 14.1. The van der Waals surface area contributed by atoms with Gasteiger partial charge < -0.3 is 20.3 Å². The van der Waals surface area contributed by atoms with Gasteiger partial charge in [-0.1, -0.05) is 0 Å². The number of nitrogens with one attached hydrogen (secondary N) is 1. The normalized spacial score (nSPS) is 17.5. The number of nitrogens with zero attached hydrogens (tertiary/aromatic N) is 2. The smallest absolute Gasteiger partial charge is 0.221 e. The van der Waals surface area contributed by atoms with Crippen molar-refractivity contribution in [2.24, 2.45) is 0 Å². The first-order chi connectivity index (χ1) is 11.6. The minimum absolute atomic E-state index is 0.113. The van der Waals surface area contributed by atoms with E-state index in [4.69, 9.17) is 9.84 Å². The van der Waals surface area contributed by atoms with Gasteiger partial charge in [0.05, 0.1) is 6.61 Å². The molecule has 1 aromatic carbocycles. The van der Waals surface area contributed by atoms with Crippen LogP contribution in [-0.2, 0) is 4.79 Å². The lowest BCUT2D eigenvalue weighted by atomic mass is 10.2. The second-order valence-corrected chi connectivity index (χ2v) is 6.04. The number of piperazine rings is 1. The minimum atomic E-state index is -0.551. The maximum atomic E-state index is 11.0. The fraction of sp³-hybridized carbons (Fsp3) is 0.588. The van der Waals surface area contributed by atoms with E-state index in [0.717, 1.165) is 31.9 Å². The van der Waals surface area contributed by atoms with Gasteiger partial charge >= 0.3 is 0 Å². The number of rotatable bonds is 8. The number of ether oxygens (including phenoxy) is 1. The fourth-order valence-electron chi connectivity index (χ4n) is 2.72. The quantitative estimate of drug-likeness (QED) is 0.619. The van der Waals surface area contributed by atoms with Crippen LogP contribution in [0, 0.1) is 0 Å². The molecule has 7 nitrogen and oxygen atoms in total. The van der Waals surface area contributed by atoms with Crippen LogP contribution in [-0.4, -0.2) is 84.5 Å². The molecule has 1 fully saturated rings. The van der Waals surface area contributed by atoms with Gasteiger partial charge in [-0.2, -0.15) is 0 Å². The predicted molar refractivity (Wildman–Crippen MR) is 92.2 cm³/mol. The molecule has 0 saturated carbocycles. The van der Waals surface area contributed by atoms with Crippen molar-refractivity contribution in [3.8, 4) is 5.75 Å². The van der Waals surface area contributed by atoms with E-state index in [0.29, 0.717) is 18.8 Å². The predicted octanol–water partition coefficient (Wildman–Crippen LogP) is -0.00540. The van der Waals surface area contributed by atoms with Crippen molar-refractivity contribution in [3.05, 3.63) is 24.3 Å². The van der Waals surface area contributed by atoms with Gasteiger partial charge in [0.2, 0.25) is 5.91 Å². The second kappa shape index (κ2) is 9.58. The SMILES string of the molecule is CC(=O)Nc1ccc(OC[C@H](O)CN2CCN(CCO)CC2)cc1. The van der Waals surface area contributed by atoms with E-state index in [9.17, 15) is 9.90 Å². The van der Waals surface area contributed by atoms with Gasteiger partial charge in [-0.3, -0.25) is 14.6 Å². The van der Waals surface area contributed by atoms with Gasteiger partial charge in [0, 0.05) is 51.9 Å². The number of β-amino-alcohol motifs (C(OH)–C–C–N with tert-alkyl or cyclic N) is 2. The van der Waals surface area contributed by atoms with Crippen molar-refractivity contribution in [2.75, 3.05) is 57.8 Å². The molecular weight excluding hydrogens is 310 g/mol. The molecule has 1 amide bonds. The molecule has 0 spiro atoms. The lowest BCUT2D eigenvalue weighted by Gasteiger charge is -2.35. The Morgan fingerprint density at radius 2 is 1.83 bits per heavy atom. The van der Waals surface area contributed by atoms with Crippen LogP contribution in [0.3, 0.4) is 0 Å². The summed E-state index contributed by atoms with van der Waals surface area (Å²) in [6, 6.07) is 7.07. The summed E-state index contributed by atoms with van der Waals surface area (Å²) in [4.78, 5) is 15.4. The molecule has 3 N–H and O–H groups in total. The summed E-state index contributed by atoms with van der Waals surface area (Å²) in [5.74, 6) is 0.550. The van der Waals surface area contributed by atoms with Crippen LogP contribution in [0.5, 0.6) is 5.75 Å². The highest BCUT2D eigenvalue weighted by Gasteiger charge is 2.19. The van der Waals surface area contributed by atoms with Crippen LogP contribution in [0.15, 0.2) is 24.3 Å². The average molecular weight is 337 g/mol. The Balaban J connectivity index is 1.67. The first-order valence-electron chi connectivity index (χ1n) is 8.31. The Bertz CT molecular complexity index is 501. The van der Waals surface area contributed by atoms with Gasteiger partial charge in [0.1, 0.15) is 18.5 Å². The van der Waals surface area contributed by atoms with Crippen LogP contribution < -0.4 is 10.1 Å². The van der Waals surface area contributed by atoms with Crippen molar-refractivity contribution in [1.29, 1.82) is 0 Å². The highest BCUT2D eigenvalue weighted by Crippen LogP contribution is 2.16. The zero-order chi connectivity index (χ0) is 17.4. The highest BCUT2D eigenvalue weighted by molar-refractivity contribution is 5.88. The summed E-state index contributed by atoms with van der Waals surface area (Å²) >= 11 is 0. The molecule has 1 aromatic rings. The second-order valence-electron chi connectivity index (χ2n) is 6.04. The molecule has 1 saturated heterocycles. The number of carbonyl (C=O) groups excluding carboxylic acids is 1. The van der Waals surface area contributed by atoms with Crippen LogP contribution in [0.25, 0.3) is 0 Å². The summed E-state index contributed by atoms with van der Waals surface area (Å²) in [6.07, 6.45) is -0.551. The summed E-state index contributed by atoms with van der Waals surface area (Å²) in [5.41, 5.74) is 0.719. The molecule has 1 heterocycles. The molecule has 0 bridgehead atoms. The molecule has 24 heavy (non-hydrogen) atoms. The topological polar surface area (TPSA) is 85.3 Å². The van der Waals surface area contributed by atoms with E-state index in [-0.39, 0.29) is 19.1 Å². The molecule has 0 unspecified atom stereocenters. The van der Waals surface area contributed by atoms with Gasteiger partial charge in [-0.15, -0.1) is 0 Å². The Labute approximate surface area is 142 Å². The van der Waals surface area contributed by atoms with Gasteiger partial charge in [0.15, 0.2) is 0 Å². The van der Waals surface area contributed by atoms with Crippen molar-refractivity contribution in [1.82, 2.24) is 9.80 Å². The molecule has 0 aliphatic carbocycles. The average Bonchev–Trinajstić information content (AvgIpc) is 2.56. The third kappa shape index (κ3) is 6.45.